The largest absolute Gasteiger partial charge is 0.385 e. The molecule has 3 heterocycles. The molecule has 2 saturated heterocycles. The van der Waals surface area contributed by atoms with E-state index in [0.717, 1.165) is 43.5 Å². The molecule has 3 atom stereocenters. The minimum atomic E-state index is -3.00. The average Bonchev–Trinajstić information content (AvgIpc) is 3.46. The Morgan fingerprint density at radius 1 is 1.02 bits per heavy atom. The molecule has 0 bridgehead atoms. The van der Waals surface area contributed by atoms with Gasteiger partial charge in [-0.25, -0.2) is 13.4 Å². The number of imidazole rings is 1. The molecule has 10 heteroatoms. The van der Waals surface area contributed by atoms with Crippen LogP contribution in [0.15, 0.2) is 67.0 Å². The highest BCUT2D eigenvalue weighted by molar-refractivity contribution is 7.91. The van der Waals surface area contributed by atoms with E-state index in [9.17, 15) is 18.3 Å². The molecule has 0 spiro atoms. The van der Waals surface area contributed by atoms with E-state index in [2.05, 4.69) is 17.4 Å². The maximum atomic E-state index is 14.3. The number of sulfone groups is 1. The number of piperazine rings is 1. The maximum Gasteiger partial charge on any atom is 0.275 e. The molecule has 0 radical (unpaired) electrons. The number of aromatic nitrogens is 2. The summed E-state index contributed by atoms with van der Waals surface area (Å²) in [7, 11) is -3.00. The fourth-order valence-electron chi connectivity index (χ4n) is 6.94. The number of amides is 1. The summed E-state index contributed by atoms with van der Waals surface area (Å²) in [6.45, 7) is 2.15. The fraction of sp³-hybridized carbons (Fsp3) is 0.515. The average molecular weight is 607 g/mol. The molecule has 43 heavy (non-hydrogen) atoms. The van der Waals surface area contributed by atoms with Crippen LogP contribution >= 0.6 is 0 Å². The highest BCUT2D eigenvalue weighted by Crippen LogP contribution is 2.41. The van der Waals surface area contributed by atoms with Crippen LogP contribution in [0.5, 0.6) is 0 Å². The molecule has 0 unspecified atom stereocenters. The fourth-order valence-corrected chi connectivity index (χ4v) is 8.38. The van der Waals surface area contributed by atoms with Crippen LogP contribution in [0, 0.1) is 0 Å². The molecule has 230 valence electrons. The topological polar surface area (TPSA) is 114 Å². The van der Waals surface area contributed by atoms with E-state index in [1.165, 1.54) is 5.56 Å². The molecule has 3 aliphatic rings. The van der Waals surface area contributed by atoms with Crippen molar-refractivity contribution in [2.45, 2.75) is 68.7 Å². The number of hydrogen-bond donors (Lipinski definition) is 2. The van der Waals surface area contributed by atoms with Gasteiger partial charge >= 0.3 is 0 Å². The van der Waals surface area contributed by atoms with Crippen molar-refractivity contribution >= 4 is 15.7 Å². The summed E-state index contributed by atoms with van der Waals surface area (Å²) in [6.07, 6.45) is 6.31. The molecule has 1 saturated carbocycles. The lowest BCUT2D eigenvalue weighted by Gasteiger charge is -2.42. The third kappa shape index (κ3) is 6.72. The van der Waals surface area contributed by atoms with Crippen molar-refractivity contribution in [2.24, 2.45) is 0 Å². The van der Waals surface area contributed by atoms with Crippen LogP contribution in [0.2, 0.25) is 0 Å². The quantitative estimate of drug-likeness (QED) is 0.403. The molecular formula is C33H42N4O5S. The van der Waals surface area contributed by atoms with Gasteiger partial charge in [-0.1, -0.05) is 73.5 Å². The molecule has 1 aliphatic carbocycles. The van der Waals surface area contributed by atoms with Gasteiger partial charge in [0.05, 0.1) is 42.3 Å². The van der Waals surface area contributed by atoms with Gasteiger partial charge in [-0.15, -0.1) is 0 Å². The summed E-state index contributed by atoms with van der Waals surface area (Å²) < 4.78 is 32.0. The number of ether oxygens (including phenoxy) is 1. The Morgan fingerprint density at radius 2 is 1.74 bits per heavy atom. The summed E-state index contributed by atoms with van der Waals surface area (Å²) in [5.41, 5.74) is 2.02. The number of rotatable bonds is 8. The molecule has 6 rings (SSSR count). The zero-order valence-electron chi connectivity index (χ0n) is 24.6. The molecule has 1 amide bonds. The first-order valence-corrected chi connectivity index (χ1v) is 17.4. The first-order valence-electron chi connectivity index (χ1n) is 15.6. The second-order valence-electron chi connectivity index (χ2n) is 12.3. The number of carbonyl (C=O) groups excluding carboxylic acids is 1. The van der Waals surface area contributed by atoms with Crippen molar-refractivity contribution < 1.29 is 23.1 Å². The third-order valence-electron chi connectivity index (χ3n) is 9.33. The zero-order valence-corrected chi connectivity index (χ0v) is 25.4. The Hall–Kier alpha value is -3.05. The van der Waals surface area contributed by atoms with Gasteiger partial charge in [-0.05, 0) is 37.7 Å². The van der Waals surface area contributed by atoms with Crippen molar-refractivity contribution in [2.75, 3.05) is 37.7 Å². The number of benzene rings is 2. The summed E-state index contributed by atoms with van der Waals surface area (Å²) in [5, 5.41) is 15.5. The van der Waals surface area contributed by atoms with Crippen molar-refractivity contribution in [1.82, 2.24) is 19.8 Å². The SMILES string of the molecule is O=C(c1ncn([C@@H]2CCCC[C@@]2(O)COC2CCS(=O)(=O)CC2)c1-c1ccccc1)N1CCNC[C@H]1Cc1ccccc1. The van der Waals surface area contributed by atoms with Crippen LogP contribution in [-0.4, -0.2) is 89.4 Å². The molecule has 2 N–H and O–H groups in total. The summed E-state index contributed by atoms with van der Waals surface area (Å²) in [4.78, 5) is 21.0. The van der Waals surface area contributed by atoms with Crippen molar-refractivity contribution in [3.8, 4) is 11.3 Å². The van der Waals surface area contributed by atoms with E-state index in [-0.39, 0.29) is 42.2 Å². The second-order valence-corrected chi connectivity index (χ2v) is 14.6. The Labute approximate surface area is 254 Å². The highest BCUT2D eigenvalue weighted by atomic mass is 32.2. The number of aliphatic hydroxyl groups is 1. The first kappa shape index (κ1) is 30.0. The predicted octanol–water partition coefficient (Wildman–Crippen LogP) is 3.65. The van der Waals surface area contributed by atoms with Gasteiger partial charge in [0.25, 0.3) is 5.91 Å². The van der Waals surface area contributed by atoms with Crippen LogP contribution < -0.4 is 5.32 Å². The van der Waals surface area contributed by atoms with E-state index in [1.807, 2.05) is 58.0 Å². The Morgan fingerprint density at radius 3 is 2.49 bits per heavy atom. The maximum absolute atomic E-state index is 14.3. The smallest absolute Gasteiger partial charge is 0.275 e. The second kappa shape index (κ2) is 12.9. The lowest BCUT2D eigenvalue weighted by Crippen LogP contribution is -2.54. The monoisotopic (exact) mass is 606 g/mol. The Kier molecular flexibility index (Phi) is 9.00. The van der Waals surface area contributed by atoms with Crippen molar-refractivity contribution in [1.29, 1.82) is 0 Å². The van der Waals surface area contributed by atoms with Gasteiger partial charge in [0.2, 0.25) is 0 Å². The van der Waals surface area contributed by atoms with Gasteiger partial charge in [0, 0.05) is 31.2 Å². The number of carbonyl (C=O) groups is 1. The minimum Gasteiger partial charge on any atom is -0.385 e. The van der Waals surface area contributed by atoms with Crippen LogP contribution in [0.3, 0.4) is 0 Å². The van der Waals surface area contributed by atoms with Crippen LogP contribution in [-0.2, 0) is 21.0 Å². The van der Waals surface area contributed by atoms with Gasteiger partial charge in [-0.3, -0.25) is 4.79 Å². The van der Waals surface area contributed by atoms with E-state index in [1.54, 1.807) is 6.33 Å². The molecule has 3 fully saturated rings. The van der Waals surface area contributed by atoms with Crippen LogP contribution in [0.1, 0.15) is 60.6 Å². The van der Waals surface area contributed by atoms with Gasteiger partial charge in [0.1, 0.15) is 5.60 Å². The summed E-state index contributed by atoms with van der Waals surface area (Å²) in [6, 6.07) is 19.8. The van der Waals surface area contributed by atoms with E-state index in [0.29, 0.717) is 38.0 Å². The van der Waals surface area contributed by atoms with Gasteiger partial charge in [0.15, 0.2) is 15.5 Å². The molecule has 1 aromatic heterocycles. The molecule has 9 nitrogen and oxygen atoms in total. The van der Waals surface area contributed by atoms with Crippen LogP contribution in [0.4, 0.5) is 0 Å². The minimum absolute atomic E-state index is 0.00301. The highest BCUT2D eigenvalue weighted by Gasteiger charge is 2.43. The standard InChI is InChI=1S/C33H42N4O5S/c38-32(36-18-17-34-22-27(36)21-25-9-3-1-4-10-25)30-31(26-11-5-2-6-12-26)37(24-35-30)29-13-7-8-16-33(29,39)23-42-28-14-19-43(40,41)20-15-28/h1-6,9-12,24,27-29,34,39H,7-8,13-23H2/t27-,29-,33-/m1/s1. The normalized spacial score (nSPS) is 26.3. The molecular weight excluding hydrogens is 564 g/mol. The van der Waals surface area contributed by atoms with Crippen LogP contribution in [0.25, 0.3) is 11.3 Å². The summed E-state index contributed by atoms with van der Waals surface area (Å²) >= 11 is 0. The Bertz CT molecular complexity index is 1480. The molecule has 3 aromatic rings. The lowest BCUT2D eigenvalue weighted by atomic mass is 9.80. The predicted molar refractivity (Wildman–Crippen MR) is 166 cm³/mol. The van der Waals surface area contributed by atoms with Crippen molar-refractivity contribution in [3.05, 3.63) is 78.2 Å². The number of nitrogens with zero attached hydrogens (tertiary/aromatic N) is 3. The lowest BCUT2D eigenvalue weighted by molar-refractivity contribution is -0.117. The van der Waals surface area contributed by atoms with E-state index < -0.39 is 15.4 Å². The Balaban J connectivity index is 1.30. The zero-order chi connectivity index (χ0) is 29.9. The number of nitrogens with one attached hydrogen (secondary N) is 1. The summed E-state index contributed by atoms with van der Waals surface area (Å²) in [5.74, 6) is 0.156. The van der Waals surface area contributed by atoms with E-state index >= 15 is 0 Å². The van der Waals surface area contributed by atoms with Gasteiger partial charge in [-0.2, -0.15) is 0 Å². The first-order chi connectivity index (χ1) is 20.8. The number of hydrogen-bond acceptors (Lipinski definition) is 7. The van der Waals surface area contributed by atoms with Gasteiger partial charge < -0.3 is 24.6 Å². The third-order valence-corrected chi connectivity index (χ3v) is 11.0. The van der Waals surface area contributed by atoms with Crippen molar-refractivity contribution in [3.63, 3.8) is 0 Å². The van der Waals surface area contributed by atoms with E-state index in [4.69, 9.17) is 9.72 Å². The molecule has 2 aromatic carbocycles. The molecule has 2 aliphatic heterocycles.